The van der Waals surface area contributed by atoms with E-state index in [4.69, 9.17) is 0 Å². The van der Waals surface area contributed by atoms with E-state index < -0.39 is 5.60 Å². The van der Waals surface area contributed by atoms with Crippen LogP contribution in [0, 0.1) is 0 Å². The van der Waals surface area contributed by atoms with Crippen LogP contribution in [0.3, 0.4) is 0 Å². The van der Waals surface area contributed by atoms with Gasteiger partial charge in [-0.25, -0.2) is 0 Å². The van der Waals surface area contributed by atoms with Gasteiger partial charge in [-0.2, -0.15) is 11.3 Å². The van der Waals surface area contributed by atoms with Gasteiger partial charge in [0.15, 0.2) is 0 Å². The maximum atomic E-state index is 12.1. The first kappa shape index (κ1) is 16.6. The van der Waals surface area contributed by atoms with Crippen molar-refractivity contribution in [2.45, 2.75) is 5.60 Å². The summed E-state index contributed by atoms with van der Waals surface area (Å²) in [5.74, 6) is -0.232. The van der Waals surface area contributed by atoms with Crippen molar-refractivity contribution in [2.75, 3.05) is 6.54 Å². The molecule has 2 N–H and O–H groups in total. The SMILES string of the molecule is O=C(/C=C/c1ccccc1)NC[C@@](O)(c1ccsc1)c1cccs1. The summed E-state index contributed by atoms with van der Waals surface area (Å²) < 4.78 is 0. The molecule has 3 rings (SSSR count). The lowest BCUT2D eigenvalue weighted by molar-refractivity contribution is -0.117. The monoisotopic (exact) mass is 355 g/mol. The number of amides is 1. The van der Waals surface area contributed by atoms with Gasteiger partial charge in [0.25, 0.3) is 0 Å². The van der Waals surface area contributed by atoms with Crippen LogP contribution in [-0.4, -0.2) is 17.6 Å². The molecule has 0 aliphatic carbocycles. The van der Waals surface area contributed by atoms with E-state index in [0.29, 0.717) is 0 Å². The Kier molecular flexibility index (Phi) is 5.25. The Hall–Kier alpha value is -2.21. The minimum atomic E-state index is -1.20. The first-order chi connectivity index (χ1) is 11.7. The van der Waals surface area contributed by atoms with E-state index in [9.17, 15) is 9.90 Å². The highest BCUT2D eigenvalue weighted by Crippen LogP contribution is 2.33. The Bertz CT molecular complexity index is 759. The molecule has 122 valence electrons. The number of hydrogen-bond donors (Lipinski definition) is 2. The highest BCUT2D eigenvalue weighted by atomic mass is 32.1. The third-order valence-electron chi connectivity index (χ3n) is 3.67. The van der Waals surface area contributed by atoms with Crippen molar-refractivity contribution in [3.8, 4) is 0 Å². The molecule has 2 aromatic heterocycles. The molecule has 3 aromatic rings. The summed E-state index contributed by atoms with van der Waals surface area (Å²) in [7, 11) is 0. The van der Waals surface area contributed by atoms with Gasteiger partial charge in [-0.3, -0.25) is 4.79 Å². The highest BCUT2D eigenvalue weighted by Gasteiger charge is 2.33. The Labute approximate surface area is 148 Å². The van der Waals surface area contributed by atoms with Gasteiger partial charge in [0.05, 0.1) is 6.54 Å². The van der Waals surface area contributed by atoms with Crippen molar-refractivity contribution in [3.05, 3.63) is 86.8 Å². The Balaban J connectivity index is 1.71. The zero-order valence-electron chi connectivity index (χ0n) is 12.9. The van der Waals surface area contributed by atoms with Gasteiger partial charge in [0.1, 0.15) is 5.60 Å². The molecule has 1 aromatic carbocycles. The van der Waals surface area contributed by atoms with Crippen molar-refractivity contribution in [1.82, 2.24) is 5.32 Å². The number of carbonyl (C=O) groups excluding carboxylic acids is 1. The minimum Gasteiger partial charge on any atom is -0.378 e. The topological polar surface area (TPSA) is 49.3 Å². The van der Waals surface area contributed by atoms with Gasteiger partial charge in [-0.1, -0.05) is 36.4 Å². The number of benzene rings is 1. The first-order valence-corrected chi connectivity index (χ1v) is 9.31. The van der Waals surface area contributed by atoms with Crippen LogP contribution in [0.1, 0.15) is 16.0 Å². The Morgan fingerprint density at radius 3 is 2.62 bits per heavy atom. The molecule has 2 heterocycles. The maximum absolute atomic E-state index is 12.1. The van der Waals surface area contributed by atoms with E-state index in [1.54, 1.807) is 6.08 Å². The molecule has 24 heavy (non-hydrogen) atoms. The molecular formula is C19H17NO2S2. The molecule has 3 nitrogen and oxygen atoms in total. The van der Waals surface area contributed by atoms with Gasteiger partial charge in [0.2, 0.25) is 5.91 Å². The summed E-state index contributed by atoms with van der Waals surface area (Å²) in [6.45, 7) is 0.127. The molecule has 0 bridgehead atoms. The third-order valence-corrected chi connectivity index (χ3v) is 5.38. The van der Waals surface area contributed by atoms with Crippen LogP contribution in [0.15, 0.2) is 70.7 Å². The van der Waals surface area contributed by atoms with Gasteiger partial charge < -0.3 is 10.4 Å². The van der Waals surface area contributed by atoms with Crippen molar-refractivity contribution >= 4 is 34.7 Å². The molecule has 0 spiro atoms. The second-order valence-electron chi connectivity index (χ2n) is 5.31. The van der Waals surface area contributed by atoms with E-state index in [2.05, 4.69) is 5.32 Å². The number of carbonyl (C=O) groups is 1. The van der Waals surface area contributed by atoms with E-state index >= 15 is 0 Å². The lowest BCUT2D eigenvalue weighted by atomic mass is 9.94. The predicted octanol–water partition coefficient (Wildman–Crippen LogP) is 3.88. The third kappa shape index (κ3) is 3.82. The predicted molar refractivity (Wildman–Crippen MR) is 100 cm³/mol. The second-order valence-corrected chi connectivity index (χ2v) is 7.04. The van der Waals surface area contributed by atoms with Gasteiger partial charge in [-0.05, 0) is 39.9 Å². The molecular weight excluding hydrogens is 338 g/mol. The zero-order chi connectivity index (χ0) is 16.8. The molecule has 1 atom stereocenters. The van der Waals surface area contributed by atoms with Gasteiger partial charge in [-0.15, -0.1) is 11.3 Å². The summed E-state index contributed by atoms with van der Waals surface area (Å²) >= 11 is 3.00. The molecule has 0 saturated heterocycles. The quantitative estimate of drug-likeness (QED) is 0.660. The molecule has 0 saturated carbocycles. The Morgan fingerprint density at radius 1 is 1.12 bits per heavy atom. The number of aliphatic hydroxyl groups is 1. The van der Waals surface area contributed by atoms with Crippen molar-refractivity contribution < 1.29 is 9.90 Å². The second kappa shape index (κ2) is 7.57. The fraction of sp³-hybridized carbons (Fsp3) is 0.105. The van der Waals surface area contributed by atoms with Gasteiger partial charge >= 0.3 is 0 Å². The van der Waals surface area contributed by atoms with Gasteiger partial charge in [0, 0.05) is 16.5 Å². The smallest absolute Gasteiger partial charge is 0.244 e. The summed E-state index contributed by atoms with van der Waals surface area (Å²) in [4.78, 5) is 12.9. The molecule has 0 fully saturated rings. The van der Waals surface area contributed by atoms with E-state index in [-0.39, 0.29) is 12.5 Å². The molecule has 5 heteroatoms. The van der Waals surface area contributed by atoms with Crippen LogP contribution >= 0.6 is 22.7 Å². The highest BCUT2D eigenvalue weighted by molar-refractivity contribution is 7.10. The zero-order valence-corrected chi connectivity index (χ0v) is 14.5. The molecule has 0 unspecified atom stereocenters. The van der Waals surface area contributed by atoms with Crippen LogP contribution < -0.4 is 5.32 Å². The normalized spacial score (nSPS) is 13.7. The van der Waals surface area contributed by atoms with Crippen molar-refractivity contribution in [3.63, 3.8) is 0 Å². The summed E-state index contributed by atoms with van der Waals surface area (Å²) in [6, 6.07) is 15.3. The summed E-state index contributed by atoms with van der Waals surface area (Å²) in [5, 5.41) is 19.7. The number of hydrogen-bond acceptors (Lipinski definition) is 4. The number of nitrogens with one attached hydrogen (secondary N) is 1. The van der Waals surface area contributed by atoms with Crippen LogP contribution in [0.5, 0.6) is 0 Å². The van der Waals surface area contributed by atoms with Crippen LogP contribution in [0.4, 0.5) is 0 Å². The molecule has 0 aliphatic rings. The summed E-state index contributed by atoms with van der Waals surface area (Å²) in [6.07, 6.45) is 3.24. The average molecular weight is 355 g/mol. The minimum absolute atomic E-state index is 0.127. The lowest BCUT2D eigenvalue weighted by Crippen LogP contribution is -2.40. The van der Waals surface area contributed by atoms with Crippen molar-refractivity contribution in [2.24, 2.45) is 0 Å². The maximum Gasteiger partial charge on any atom is 0.244 e. The van der Waals surface area contributed by atoms with E-state index in [0.717, 1.165) is 16.0 Å². The van der Waals surface area contributed by atoms with E-state index in [1.165, 1.54) is 28.7 Å². The fourth-order valence-corrected chi connectivity index (χ4v) is 3.92. The van der Waals surface area contributed by atoms with Crippen molar-refractivity contribution in [1.29, 1.82) is 0 Å². The van der Waals surface area contributed by atoms with Crippen LogP contribution in [0.25, 0.3) is 6.08 Å². The molecule has 1 amide bonds. The standard InChI is InChI=1S/C19H17NO2S2/c21-18(9-8-15-5-2-1-3-6-15)20-14-19(22,16-10-12-23-13-16)17-7-4-11-24-17/h1-13,22H,14H2,(H,20,21)/b9-8+/t19-/m1/s1. The number of thiophene rings is 2. The number of rotatable bonds is 6. The molecule has 0 radical (unpaired) electrons. The van der Waals surface area contributed by atoms with Crippen LogP contribution in [0.2, 0.25) is 0 Å². The average Bonchev–Trinajstić information content (AvgIpc) is 3.32. The lowest BCUT2D eigenvalue weighted by Gasteiger charge is -2.26. The summed E-state index contributed by atoms with van der Waals surface area (Å²) in [5.41, 5.74) is 0.547. The largest absolute Gasteiger partial charge is 0.378 e. The molecule has 0 aliphatic heterocycles. The Morgan fingerprint density at radius 2 is 1.96 bits per heavy atom. The fourth-order valence-electron chi connectivity index (χ4n) is 2.36. The first-order valence-electron chi connectivity index (χ1n) is 7.48. The van der Waals surface area contributed by atoms with E-state index in [1.807, 2.05) is 64.7 Å². The van der Waals surface area contributed by atoms with Crippen LogP contribution in [-0.2, 0) is 10.4 Å².